The van der Waals surface area contributed by atoms with Crippen LogP contribution in [0.2, 0.25) is 5.02 Å². The fourth-order valence-electron chi connectivity index (χ4n) is 2.62. The van der Waals surface area contributed by atoms with Gasteiger partial charge in [-0.15, -0.1) is 0 Å². The Morgan fingerprint density at radius 2 is 2.08 bits per heavy atom. The van der Waals surface area contributed by atoms with Gasteiger partial charge in [-0.1, -0.05) is 17.7 Å². The van der Waals surface area contributed by atoms with E-state index in [1.165, 1.54) is 6.92 Å². The Morgan fingerprint density at radius 1 is 1.28 bits per heavy atom. The summed E-state index contributed by atoms with van der Waals surface area (Å²) in [4.78, 5) is 20.4. The van der Waals surface area contributed by atoms with E-state index in [1.807, 2.05) is 49.3 Å². The molecule has 0 saturated carbocycles. The van der Waals surface area contributed by atoms with E-state index >= 15 is 0 Å². The third-order valence-electron chi connectivity index (χ3n) is 4.03. The summed E-state index contributed by atoms with van der Waals surface area (Å²) in [6.07, 6.45) is 6.22. The van der Waals surface area contributed by atoms with Crippen molar-refractivity contribution in [3.63, 3.8) is 0 Å². The summed E-state index contributed by atoms with van der Waals surface area (Å²) >= 11 is 6.36. The molecular weight excluding hydrogens is 336 g/mol. The largest absolute Gasteiger partial charge is 0.293 e. The molecular formula is C19H19ClN4O. The van der Waals surface area contributed by atoms with Crippen molar-refractivity contribution in [2.75, 3.05) is 0 Å². The van der Waals surface area contributed by atoms with Gasteiger partial charge in [0.05, 0.1) is 22.6 Å². The summed E-state index contributed by atoms with van der Waals surface area (Å²) in [5.41, 5.74) is 4.88. The first-order valence-corrected chi connectivity index (χ1v) is 8.50. The average molecular weight is 355 g/mol. The molecule has 0 aliphatic heterocycles. The Hall–Kier alpha value is -2.53. The Kier molecular flexibility index (Phi) is 4.95. The highest BCUT2D eigenvalue weighted by atomic mass is 35.5. The van der Waals surface area contributed by atoms with Gasteiger partial charge in [0.2, 0.25) is 0 Å². The molecule has 0 spiro atoms. The molecule has 5 nitrogen and oxygen atoms in total. The van der Waals surface area contributed by atoms with Crippen LogP contribution in [-0.2, 0) is 13.0 Å². The number of carbonyl (C=O) groups is 1. The Morgan fingerprint density at radius 3 is 2.68 bits per heavy atom. The lowest BCUT2D eigenvalue weighted by atomic mass is 10.0. The number of pyridine rings is 2. The molecule has 0 atom stereocenters. The number of hydrogen-bond donors (Lipinski definition) is 0. The maximum Gasteiger partial charge on any atom is 0.178 e. The number of aryl methyl sites for hydroxylation is 2. The number of halogens is 1. The quantitative estimate of drug-likeness (QED) is 0.647. The molecule has 0 N–H and O–H groups in total. The molecule has 6 heteroatoms. The van der Waals surface area contributed by atoms with E-state index in [-0.39, 0.29) is 5.78 Å². The number of hydrogen-bond acceptors (Lipinski definition) is 4. The lowest BCUT2D eigenvalue weighted by Crippen LogP contribution is -2.03. The van der Waals surface area contributed by atoms with Crippen LogP contribution in [0.1, 0.15) is 41.2 Å². The first-order valence-electron chi connectivity index (χ1n) is 8.12. The number of Topliss-reactive ketones (excluding diaryl/α,β-unsaturated/α-hetero) is 1. The van der Waals surface area contributed by atoms with E-state index in [9.17, 15) is 4.79 Å². The third kappa shape index (κ3) is 3.77. The van der Waals surface area contributed by atoms with Crippen LogP contribution < -0.4 is 0 Å². The highest BCUT2D eigenvalue weighted by Gasteiger charge is 2.12. The van der Waals surface area contributed by atoms with Gasteiger partial charge in [0.25, 0.3) is 0 Å². The zero-order valence-electron chi connectivity index (χ0n) is 14.5. The highest BCUT2D eigenvalue weighted by molar-refractivity contribution is 6.32. The molecule has 0 unspecified atom stereocenters. The summed E-state index contributed by atoms with van der Waals surface area (Å²) in [6, 6.07) is 5.75. The Bertz CT molecular complexity index is 916. The number of aromatic nitrogens is 4. The van der Waals surface area contributed by atoms with E-state index in [1.54, 1.807) is 6.07 Å². The molecule has 3 aromatic heterocycles. The summed E-state index contributed by atoms with van der Waals surface area (Å²) in [5.74, 6) is -0.0672. The van der Waals surface area contributed by atoms with Crippen LogP contribution in [0.4, 0.5) is 0 Å². The van der Waals surface area contributed by atoms with Crippen LogP contribution in [-0.4, -0.2) is 25.5 Å². The average Bonchev–Trinajstić information content (AvgIpc) is 3.08. The molecule has 25 heavy (non-hydrogen) atoms. The molecule has 0 amide bonds. The molecule has 0 aliphatic carbocycles. The van der Waals surface area contributed by atoms with Crippen molar-refractivity contribution >= 4 is 17.4 Å². The molecule has 0 fully saturated rings. The second kappa shape index (κ2) is 7.15. The zero-order valence-corrected chi connectivity index (χ0v) is 15.2. The molecule has 3 aromatic rings. The van der Waals surface area contributed by atoms with E-state index in [0.29, 0.717) is 22.8 Å². The predicted octanol–water partition coefficient (Wildman–Crippen LogP) is 4.12. The van der Waals surface area contributed by atoms with E-state index < -0.39 is 0 Å². The Balaban J connectivity index is 1.85. The minimum absolute atomic E-state index is 0.0672. The van der Waals surface area contributed by atoms with Gasteiger partial charge in [0.15, 0.2) is 5.78 Å². The molecule has 3 rings (SSSR count). The van der Waals surface area contributed by atoms with Crippen LogP contribution in [0.3, 0.4) is 0 Å². The van der Waals surface area contributed by atoms with Crippen LogP contribution in [0.25, 0.3) is 11.3 Å². The van der Waals surface area contributed by atoms with Gasteiger partial charge in [0, 0.05) is 37.8 Å². The van der Waals surface area contributed by atoms with Crippen LogP contribution in [0.5, 0.6) is 0 Å². The second-order valence-electron chi connectivity index (χ2n) is 5.94. The van der Waals surface area contributed by atoms with Gasteiger partial charge in [-0.25, -0.2) is 4.98 Å². The molecule has 0 radical (unpaired) electrons. The molecule has 128 valence electrons. The van der Waals surface area contributed by atoms with Crippen molar-refractivity contribution in [3.8, 4) is 11.3 Å². The van der Waals surface area contributed by atoms with Gasteiger partial charge in [-0.2, -0.15) is 5.10 Å². The highest BCUT2D eigenvalue weighted by Crippen LogP contribution is 2.24. The molecule has 0 aliphatic rings. The smallest absolute Gasteiger partial charge is 0.178 e. The summed E-state index contributed by atoms with van der Waals surface area (Å²) < 4.78 is 1.87. The number of rotatable bonds is 5. The zero-order chi connectivity index (χ0) is 18.0. The number of nitrogens with zero attached hydrogens (tertiary/aromatic N) is 4. The van der Waals surface area contributed by atoms with Crippen molar-refractivity contribution in [1.29, 1.82) is 0 Å². The minimum atomic E-state index is -0.0672. The number of ketones is 1. The molecule has 0 saturated heterocycles. The minimum Gasteiger partial charge on any atom is -0.293 e. The van der Waals surface area contributed by atoms with Crippen molar-refractivity contribution in [3.05, 3.63) is 64.3 Å². The van der Waals surface area contributed by atoms with Gasteiger partial charge < -0.3 is 0 Å². The topological polar surface area (TPSA) is 60.7 Å². The second-order valence-corrected chi connectivity index (χ2v) is 6.31. The predicted molar refractivity (Wildman–Crippen MR) is 97.9 cm³/mol. The maximum absolute atomic E-state index is 11.6. The normalized spacial score (nSPS) is 10.9. The van der Waals surface area contributed by atoms with E-state index in [4.69, 9.17) is 11.6 Å². The molecule has 0 bridgehead atoms. The van der Waals surface area contributed by atoms with E-state index in [0.717, 1.165) is 28.9 Å². The first kappa shape index (κ1) is 17.3. The monoisotopic (exact) mass is 354 g/mol. The standard InChI is InChI=1S/C19H19ClN4O/c1-4-24-11-16(10-22-24)17-6-5-14(9-21-17)7-15-8-18(13(3)25)23-12(2)19(15)20/h5-6,8-11H,4,7H2,1-3H3. The summed E-state index contributed by atoms with van der Waals surface area (Å²) in [6.45, 7) is 6.19. The van der Waals surface area contributed by atoms with Gasteiger partial charge in [0.1, 0.15) is 5.69 Å². The van der Waals surface area contributed by atoms with Gasteiger partial charge >= 0.3 is 0 Å². The molecule has 3 heterocycles. The lowest BCUT2D eigenvalue weighted by Gasteiger charge is -2.09. The summed E-state index contributed by atoms with van der Waals surface area (Å²) in [7, 11) is 0. The van der Waals surface area contributed by atoms with Crippen molar-refractivity contribution in [1.82, 2.24) is 19.7 Å². The SMILES string of the molecule is CCn1cc(-c2ccc(Cc3cc(C(C)=O)nc(C)c3Cl)cn2)cn1. The van der Waals surface area contributed by atoms with Crippen LogP contribution >= 0.6 is 11.6 Å². The van der Waals surface area contributed by atoms with Gasteiger partial charge in [-0.3, -0.25) is 14.5 Å². The third-order valence-corrected chi connectivity index (χ3v) is 4.55. The Labute approximate surface area is 151 Å². The first-order chi connectivity index (χ1) is 12.0. The molecule has 0 aromatic carbocycles. The number of carbonyl (C=O) groups excluding carboxylic acids is 1. The summed E-state index contributed by atoms with van der Waals surface area (Å²) in [5, 5.41) is 4.86. The van der Waals surface area contributed by atoms with Crippen molar-refractivity contribution in [2.45, 2.75) is 33.7 Å². The van der Waals surface area contributed by atoms with Crippen LogP contribution in [0.15, 0.2) is 36.8 Å². The lowest BCUT2D eigenvalue weighted by molar-refractivity contribution is 0.101. The van der Waals surface area contributed by atoms with Crippen molar-refractivity contribution < 1.29 is 4.79 Å². The fourth-order valence-corrected chi connectivity index (χ4v) is 2.78. The van der Waals surface area contributed by atoms with E-state index in [2.05, 4.69) is 15.1 Å². The van der Waals surface area contributed by atoms with Gasteiger partial charge in [-0.05, 0) is 37.1 Å². The van der Waals surface area contributed by atoms with Crippen LogP contribution in [0, 0.1) is 6.92 Å². The van der Waals surface area contributed by atoms with Crippen molar-refractivity contribution in [2.24, 2.45) is 0 Å². The fraction of sp³-hybridized carbons (Fsp3) is 0.263. The maximum atomic E-state index is 11.6.